The highest BCUT2D eigenvalue weighted by Gasteiger charge is 2.24. The minimum Gasteiger partial charge on any atom is -0.354 e. The molecule has 4 aromatic carbocycles. The van der Waals surface area contributed by atoms with Crippen LogP contribution in [0.25, 0.3) is 55.3 Å². The van der Waals surface area contributed by atoms with Crippen molar-refractivity contribution in [3.63, 3.8) is 0 Å². The lowest BCUT2D eigenvalue weighted by Crippen LogP contribution is -2.13. The third kappa shape index (κ3) is 6.50. The van der Waals surface area contributed by atoms with E-state index in [1.807, 2.05) is 6.20 Å². The molecule has 6 rings (SSSR count). The lowest BCUT2D eigenvalue weighted by atomic mass is 9.80. The van der Waals surface area contributed by atoms with Gasteiger partial charge in [0.25, 0.3) is 0 Å². The number of nitrogens with one attached hydrogen (secondary N) is 1. The van der Waals surface area contributed by atoms with Gasteiger partial charge in [-0.1, -0.05) is 107 Å². The summed E-state index contributed by atoms with van der Waals surface area (Å²) in [6.45, 7) is 27.6. The number of H-pyrrole nitrogens is 1. The van der Waals surface area contributed by atoms with Crippen molar-refractivity contribution in [2.75, 3.05) is 0 Å². The maximum Gasteiger partial charge on any atom is 0.0885 e. The molecule has 0 aliphatic carbocycles. The molecular weight excluding hydrogens is 571 g/mol. The fraction of sp³-hybridized carbons (Fsp3) is 0.364. The molecule has 2 aromatic heterocycles. The zero-order chi connectivity index (χ0) is 34.1. The zero-order valence-electron chi connectivity index (χ0n) is 30.5. The second-order valence-corrected chi connectivity index (χ2v) is 17.5. The minimum absolute atomic E-state index is 0.00863. The van der Waals surface area contributed by atoms with E-state index in [9.17, 15) is 0 Å². The van der Waals surface area contributed by atoms with Gasteiger partial charge in [0.05, 0.1) is 17.4 Å². The van der Waals surface area contributed by atoms with Gasteiger partial charge in [-0.15, -0.1) is 0 Å². The molecule has 0 saturated carbocycles. The average Bonchev–Trinajstić information content (AvgIpc) is 3.37. The Morgan fingerprint density at radius 1 is 0.468 bits per heavy atom. The Morgan fingerprint density at radius 2 is 0.979 bits per heavy atom. The Hall–Kier alpha value is -4.24. The molecule has 0 spiro atoms. The van der Waals surface area contributed by atoms with Crippen LogP contribution in [0.3, 0.4) is 0 Å². The van der Waals surface area contributed by atoms with E-state index in [1.165, 1.54) is 66.3 Å². The largest absolute Gasteiger partial charge is 0.354 e. The van der Waals surface area contributed by atoms with Gasteiger partial charge in [-0.3, -0.25) is 9.97 Å². The molecule has 2 heterocycles. The van der Waals surface area contributed by atoms with Crippen molar-refractivity contribution in [1.29, 1.82) is 0 Å². The monoisotopic (exact) mass is 621 g/mol. The van der Waals surface area contributed by atoms with E-state index in [1.54, 1.807) is 12.4 Å². The molecule has 0 aliphatic heterocycles. The normalized spacial score (nSPS) is 13.1. The van der Waals surface area contributed by atoms with Crippen molar-refractivity contribution in [3.8, 4) is 33.5 Å². The highest BCUT2D eigenvalue weighted by Crippen LogP contribution is 2.42. The van der Waals surface area contributed by atoms with Gasteiger partial charge in [-0.2, -0.15) is 0 Å². The lowest BCUT2D eigenvalue weighted by Gasteiger charge is -2.25. The van der Waals surface area contributed by atoms with Gasteiger partial charge in [-0.05, 0) is 103 Å². The number of aromatic amines is 1. The Balaban J connectivity index is 1.67. The van der Waals surface area contributed by atoms with Crippen LogP contribution in [-0.4, -0.2) is 15.0 Å². The average molecular weight is 622 g/mol. The van der Waals surface area contributed by atoms with Crippen molar-refractivity contribution >= 4 is 21.8 Å². The summed E-state index contributed by atoms with van der Waals surface area (Å²) in [5.41, 5.74) is 14.5. The summed E-state index contributed by atoms with van der Waals surface area (Å²) in [4.78, 5) is 12.9. The predicted molar refractivity (Wildman–Crippen MR) is 203 cm³/mol. The quantitative estimate of drug-likeness (QED) is 0.214. The molecule has 242 valence electrons. The van der Waals surface area contributed by atoms with Crippen molar-refractivity contribution in [1.82, 2.24) is 15.0 Å². The van der Waals surface area contributed by atoms with Gasteiger partial charge >= 0.3 is 0 Å². The first-order chi connectivity index (χ1) is 21.8. The number of hydrogen-bond donors (Lipinski definition) is 1. The van der Waals surface area contributed by atoms with Crippen molar-refractivity contribution in [3.05, 3.63) is 108 Å². The van der Waals surface area contributed by atoms with Gasteiger partial charge in [0.15, 0.2) is 0 Å². The Labute approximate surface area is 281 Å². The van der Waals surface area contributed by atoms with Crippen LogP contribution in [0.5, 0.6) is 0 Å². The predicted octanol–water partition coefficient (Wildman–Crippen LogP) is 12.3. The molecule has 0 radical (unpaired) electrons. The number of hydrogen-bond acceptors (Lipinski definition) is 2. The molecule has 3 nitrogen and oxygen atoms in total. The Kier molecular flexibility index (Phi) is 7.78. The molecule has 0 saturated heterocycles. The van der Waals surface area contributed by atoms with Crippen LogP contribution in [-0.2, 0) is 21.7 Å². The second-order valence-electron chi connectivity index (χ2n) is 17.5. The topological polar surface area (TPSA) is 41.6 Å². The number of rotatable bonds is 3. The fourth-order valence-corrected chi connectivity index (χ4v) is 6.33. The van der Waals surface area contributed by atoms with E-state index < -0.39 is 0 Å². The van der Waals surface area contributed by atoms with Gasteiger partial charge < -0.3 is 4.98 Å². The van der Waals surface area contributed by atoms with E-state index in [-0.39, 0.29) is 21.7 Å². The first-order valence-electron chi connectivity index (χ1n) is 17.0. The molecule has 3 heteroatoms. The zero-order valence-corrected chi connectivity index (χ0v) is 30.5. The molecule has 6 aromatic rings. The molecule has 47 heavy (non-hydrogen) atoms. The van der Waals surface area contributed by atoms with Crippen LogP contribution >= 0.6 is 0 Å². The maximum atomic E-state index is 4.67. The van der Waals surface area contributed by atoms with Crippen LogP contribution in [0, 0.1) is 0 Å². The summed E-state index contributed by atoms with van der Waals surface area (Å²) < 4.78 is 0. The van der Waals surface area contributed by atoms with Crippen LogP contribution in [0.1, 0.15) is 105 Å². The standard InChI is InChI=1S/C44H51N3/c1-41(2,3)31-13-14-38-36(23-31)37-25-34(44(10,11)12)24-35(40(37)47-38)29-17-27(19-32(21-29)42(4,5)6)28-18-30(39-26-45-15-16-46-39)22-33(20-28)43(7,8)9/h13-26,47H,1-12H3. The third-order valence-corrected chi connectivity index (χ3v) is 9.54. The highest BCUT2D eigenvalue weighted by molar-refractivity contribution is 6.12. The summed E-state index contributed by atoms with van der Waals surface area (Å²) >= 11 is 0. The molecular formula is C44H51N3. The van der Waals surface area contributed by atoms with E-state index >= 15 is 0 Å². The van der Waals surface area contributed by atoms with Gasteiger partial charge in [0.2, 0.25) is 0 Å². The molecule has 0 bridgehead atoms. The summed E-state index contributed by atoms with van der Waals surface area (Å²) in [6, 6.07) is 25.9. The molecule has 0 aliphatic rings. The lowest BCUT2D eigenvalue weighted by molar-refractivity contribution is 0.589. The SMILES string of the molecule is CC(C)(C)c1cc(-c2cc(-c3cc(C(C)(C)C)cc4c3[nH]c3ccc(C(C)(C)C)cc34)cc(C(C)(C)C)c2)cc(-c2cnccn2)c1. The van der Waals surface area contributed by atoms with Crippen molar-refractivity contribution in [2.45, 2.75) is 105 Å². The Morgan fingerprint density at radius 3 is 1.53 bits per heavy atom. The second kappa shape index (κ2) is 11.2. The first-order valence-corrected chi connectivity index (χ1v) is 17.0. The van der Waals surface area contributed by atoms with Crippen LogP contribution < -0.4 is 0 Å². The fourth-order valence-electron chi connectivity index (χ4n) is 6.33. The third-order valence-electron chi connectivity index (χ3n) is 9.54. The number of fused-ring (bicyclic) bond motifs is 3. The summed E-state index contributed by atoms with van der Waals surface area (Å²) in [5.74, 6) is 0. The smallest absolute Gasteiger partial charge is 0.0885 e. The van der Waals surface area contributed by atoms with Gasteiger partial charge in [0.1, 0.15) is 0 Å². The first kappa shape index (κ1) is 32.7. The molecule has 0 unspecified atom stereocenters. The number of aromatic nitrogens is 3. The van der Waals surface area contributed by atoms with Crippen LogP contribution in [0.15, 0.2) is 85.3 Å². The van der Waals surface area contributed by atoms with Gasteiger partial charge in [-0.25, -0.2) is 0 Å². The van der Waals surface area contributed by atoms with Crippen LogP contribution in [0.4, 0.5) is 0 Å². The van der Waals surface area contributed by atoms with E-state index in [2.05, 4.69) is 165 Å². The summed E-state index contributed by atoms with van der Waals surface area (Å²) in [5, 5.41) is 2.58. The summed E-state index contributed by atoms with van der Waals surface area (Å²) in [7, 11) is 0. The van der Waals surface area contributed by atoms with E-state index in [0.717, 1.165) is 11.3 Å². The van der Waals surface area contributed by atoms with Crippen LogP contribution in [0.2, 0.25) is 0 Å². The highest BCUT2D eigenvalue weighted by atomic mass is 14.8. The number of benzene rings is 4. The van der Waals surface area contributed by atoms with Crippen molar-refractivity contribution < 1.29 is 0 Å². The minimum atomic E-state index is -0.0387. The van der Waals surface area contributed by atoms with E-state index in [4.69, 9.17) is 0 Å². The molecule has 0 fully saturated rings. The Bertz CT molecular complexity index is 2100. The van der Waals surface area contributed by atoms with Crippen molar-refractivity contribution in [2.24, 2.45) is 0 Å². The van der Waals surface area contributed by atoms with E-state index in [0.29, 0.717) is 0 Å². The number of nitrogens with zero attached hydrogens (tertiary/aromatic N) is 2. The summed E-state index contributed by atoms with van der Waals surface area (Å²) in [6.07, 6.45) is 5.37. The molecule has 0 amide bonds. The maximum absolute atomic E-state index is 4.67. The van der Waals surface area contributed by atoms with Gasteiger partial charge in [0, 0.05) is 39.8 Å². The molecule has 1 N–H and O–H groups in total. The molecule has 0 atom stereocenters.